The SMILES string of the molecule is [2H]c1c([2H])c([2H])c2c(-c3ccc(B4OC(C)(C)C(C)(C)O4)cc3)c([2H])c([2H])c([2H])c2c1[2H]. The van der Waals surface area contributed by atoms with E-state index in [0.717, 1.165) is 5.46 Å². The minimum absolute atomic E-state index is 0.0537. The summed E-state index contributed by atoms with van der Waals surface area (Å²) in [6.07, 6.45) is 0. The molecule has 2 nitrogen and oxygen atoms in total. The maximum Gasteiger partial charge on any atom is 0.494 e. The third kappa shape index (κ3) is 2.78. The molecule has 0 amide bonds. The molecular weight excluding hydrogens is 307 g/mol. The molecule has 0 unspecified atom stereocenters. The maximum absolute atomic E-state index is 8.46. The van der Waals surface area contributed by atoms with Crippen molar-refractivity contribution in [3.63, 3.8) is 0 Å². The Bertz CT molecular complexity index is 1230. The van der Waals surface area contributed by atoms with Gasteiger partial charge in [-0.1, -0.05) is 66.6 Å². The Morgan fingerprint density at radius 1 is 0.800 bits per heavy atom. The molecule has 3 aromatic carbocycles. The normalized spacial score (nSPS) is 22.6. The minimum Gasteiger partial charge on any atom is -0.399 e. The van der Waals surface area contributed by atoms with E-state index in [-0.39, 0.29) is 46.5 Å². The van der Waals surface area contributed by atoms with Crippen molar-refractivity contribution in [2.45, 2.75) is 38.9 Å². The third-order valence-electron chi connectivity index (χ3n) is 5.04. The van der Waals surface area contributed by atoms with Crippen molar-refractivity contribution in [2.75, 3.05) is 0 Å². The molecular formula is C22H23BO2. The number of benzene rings is 3. The van der Waals surface area contributed by atoms with Crippen molar-refractivity contribution in [3.05, 3.63) is 66.6 Å². The van der Waals surface area contributed by atoms with Gasteiger partial charge in [0.15, 0.2) is 0 Å². The zero-order valence-electron chi connectivity index (χ0n) is 21.7. The monoisotopic (exact) mass is 337 g/mol. The highest BCUT2D eigenvalue weighted by atomic mass is 16.7. The Kier molecular flexibility index (Phi) is 2.32. The number of rotatable bonds is 2. The molecule has 3 heteroatoms. The van der Waals surface area contributed by atoms with Crippen molar-refractivity contribution >= 4 is 23.4 Å². The van der Waals surface area contributed by atoms with E-state index in [1.807, 2.05) is 27.7 Å². The topological polar surface area (TPSA) is 18.5 Å². The first kappa shape index (κ1) is 10.2. The van der Waals surface area contributed by atoms with Crippen molar-refractivity contribution in [3.8, 4) is 11.1 Å². The molecule has 1 fully saturated rings. The highest BCUT2D eigenvalue weighted by Gasteiger charge is 2.51. The average Bonchev–Trinajstić information content (AvgIpc) is 2.96. The molecule has 1 saturated heterocycles. The summed E-state index contributed by atoms with van der Waals surface area (Å²) in [6, 6.07) is 4.39. The lowest BCUT2D eigenvalue weighted by Crippen LogP contribution is -2.41. The Morgan fingerprint density at radius 2 is 1.40 bits per heavy atom. The van der Waals surface area contributed by atoms with Crippen LogP contribution in [0.3, 0.4) is 0 Å². The fourth-order valence-corrected chi connectivity index (χ4v) is 2.82. The summed E-state index contributed by atoms with van der Waals surface area (Å²) in [5.74, 6) is 0. The van der Waals surface area contributed by atoms with Crippen LogP contribution in [0.25, 0.3) is 21.9 Å². The van der Waals surface area contributed by atoms with E-state index in [0.29, 0.717) is 5.56 Å². The fourth-order valence-electron chi connectivity index (χ4n) is 2.82. The summed E-state index contributed by atoms with van der Waals surface area (Å²) in [6.45, 7) is 7.85. The number of hydrogen-bond donors (Lipinski definition) is 0. The predicted octanol–water partition coefficient (Wildman–Crippen LogP) is 4.81. The summed E-state index contributed by atoms with van der Waals surface area (Å²) < 4.78 is 69.6. The lowest BCUT2D eigenvalue weighted by molar-refractivity contribution is 0.00578. The van der Waals surface area contributed by atoms with Crippen molar-refractivity contribution in [2.24, 2.45) is 0 Å². The molecule has 0 aromatic heterocycles. The van der Waals surface area contributed by atoms with Crippen LogP contribution in [0.4, 0.5) is 0 Å². The van der Waals surface area contributed by atoms with Gasteiger partial charge in [0.25, 0.3) is 0 Å². The Hall–Kier alpha value is -2.10. The summed E-state index contributed by atoms with van der Waals surface area (Å²) >= 11 is 0. The van der Waals surface area contributed by atoms with Crippen LogP contribution in [0.5, 0.6) is 0 Å². The highest BCUT2D eigenvalue weighted by Crippen LogP contribution is 2.36. The van der Waals surface area contributed by atoms with E-state index in [2.05, 4.69) is 0 Å². The van der Waals surface area contributed by atoms with Gasteiger partial charge in [-0.15, -0.1) is 0 Å². The Morgan fingerprint density at radius 3 is 2.08 bits per heavy atom. The molecule has 0 saturated carbocycles. The van der Waals surface area contributed by atoms with Gasteiger partial charge >= 0.3 is 7.12 Å². The van der Waals surface area contributed by atoms with Gasteiger partial charge in [0.05, 0.1) is 20.8 Å². The minimum atomic E-state index is -0.569. The van der Waals surface area contributed by atoms with Crippen LogP contribution < -0.4 is 5.46 Å². The van der Waals surface area contributed by atoms with Gasteiger partial charge in [-0.3, -0.25) is 0 Å². The summed E-state index contributed by atoms with van der Waals surface area (Å²) in [7, 11) is -0.569. The first-order chi connectivity index (χ1) is 14.8. The number of hydrogen-bond acceptors (Lipinski definition) is 2. The first-order valence-corrected chi connectivity index (χ1v) is 8.24. The molecule has 1 aliphatic heterocycles. The van der Waals surface area contributed by atoms with Crippen LogP contribution in [0, 0.1) is 0 Å². The average molecular weight is 337 g/mol. The molecule has 0 aliphatic carbocycles. The van der Waals surface area contributed by atoms with E-state index in [1.165, 1.54) is 0 Å². The van der Waals surface area contributed by atoms with Crippen LogP contribution in [-0.2, 0) is 9.31 Å². The van der Waals surface area contributed by atoms with Gasteiger partial charge in [-0.2, -0.15) is 0 Å². The van der Waals surface area contributed by atoms with E-state index in [1.54, 1.807) is 24.3 Å². The van der Waals surface area contributed by atoms with Gasteiger partial charge < -0.3 is 9.31 Å². The van der Waals surface area contributed by atoms with Crippen LogP contribution in [0.1, 0.15) is 37.3 Å². The smallest absolute Gasteiger partial charge is 0.399 e. The van der Waals surface area contributed by atoms with Crippen LogP contribution in [0.2, 0.25) is 0 Å². The van der Waals surface area contributed by atoms with E-state index in [9.17, 15) is 0 Å². The zero-order valence-corrected chi connectivity index (χ0v) is 14.7. The molecule has 1 aliphatic rings. The Labute approximate surface area is 159 Å². The van der Waals surface area contributed by atoms with Gasteiger partial charge in [0.1, 0.15) is 0 Å². The van der Waals surface area contributed by atoms with Gasteiger partial charge in [-0.25, -0.2) is 0 Å². The first-order valence-electron chi connectivity index (χ1n) is 11.7. The maximum atomic E-state index is 8.46. The summed E-state index contributed by atoms with van der Waals surface area (Å²) in [5.41, 5.74) is 0.503. The van der Waals surface area contributed by atoms with Crippen molar-refractivity contribution in [1.29, 1.82) is 0 Å². The molecule has 3 aromatic rings. The zero-order chi connectivity index (χ0) is 23.7. The molecule has 0 spiro atoms. The summed E-state index contributed by atoms with van der Waals surface area (Å²) in [4.78, 5) is 0. The molecule has 0 radical (unpaired) electrons. The predicted molar refractivity (Wildman–Crippen MR) is 105 cm³/mol. The van der Waals surface area contributed by atoms with Crippen LogP contribution in [-0.4, -0.2) is 18.3 Å². The van der Waals surface area contributed by atoms with E-state index >= 15 is 0 Å². The van der Waals surface area contributed by atoms with Crippen molar-refractivity contribution < 1.29 is 18.9 Å². The quantitative estimate of drug-likeness (QED) is 0.625. The van der Waals surface area contributed by atoms with Crippen molar-refractivity contribution in [1.82, 2.24) is 0 Å². The number of fused-ring (bicyclic) bond motifs is 1. The molecule has 25 heavy (non-hydrogen) atoms. The van der Waals surface area contributed by atoms with Gasteiger partial charge in [0.2, 0.25) is 0 Å². The van der Waals surface area contributed by atoms with Gasteiger partial charge in [-0.05, 0) is 55.1 Å². The summed E-state index contributed by atoms with van der Waals surface area (Å²) in [5, 5.41) is 0.0208. The molecule has 0 N–H and O–H groups in total. The molecule has 0 bridgehead atoms. The van der Waals surface area contributed by atoms with Gasteiger partial charge in [0, 0.05) is 0 Å². The lowest BCUT2D eigenvalue weighted by Gasteiger charge is -2.32. The largest absolute Gasteiger partial charge is 0.494 e. The van der Waals surface area contributed by atoms with Crippen LogP contribution in [0.15, 0.2) is 66.6 Å². The fraction of sp³-hybridized carbons (Fsp3) is 0.273. The molecule has 0 atom stereocenters. The highest BCUT2D eigenvalue weighted by molar-refractivity contribution is 6.62. The molecule has 126 valence electrons. The Balaban J connectivity index is 1.90. The van der Waals surface area contributed by atoms with Crippen LogP contribution >= 0.6 is 0 Å². The second kappa shape index (κ2) is 5.72. The standard InChI is InChI=1S/C22H23BO2/c1-21(2)22(3,4)25-23(24-21)18-14-12-17(13-15-18)20-11-7-9-16-8-5-6-10-19(16)20/h5-15H,1-4H3/i5D,6D,7D,8D,9D,10D,11D. The van der Waals surface area contributed by atoms with E-state index < -0.39 is 30.4 Å². The third-order valence-corrected chi connectivity index (χ3v) is 5.04. The lowest BCUT2D eigenvalue weighted by atomic mass is 9.78. The molecule has 4 rings (SSSR count). The molecule has 1 heterocycles. The second-order valence-corrected chi connectivity index (χ2v) is 7.21. The van der Waals surface area contributed by atoms with E-state index in [4.69, 9.17) is 18.9 Å². The second-order valence-electron chi connectivity index (χ2n) is 7.21.